The average Bonchev–Trinajstić information content (AvgIpc) is 3.16. The Morgan fingerprint density at radius 3 is 1.57 bits per heavy atom. The number of hydrogen-bond acceptors (Lipinski definition) is 13. The van der Waals surface area contributed by atoms with Crippen LogP contribution in [0.25, 0.3) is 0 Å². The molecule has 17 N–H and O–H groups in total. The monoisotopic (exact) mass is 857 g/mol. The number of nitrogens with one attached hydrogen (secondary N) is 7. The number of aliphatic carboxylic acids is 2. The van der Waals surface area contributed by atoms with Crippen molar-refractivity contribution in [2.75, 3.05) is 19.6 Å². The van der Waals surface area contributed by atoms with Crippen LogP contribution < -0.4 is 60.2 Å². The van der Waals surface area contributed by atoms with Gasteiger partial charge in [0, 0.05) is 12.8 Å². The molecule has 0 fully saturated rings. The number of carbonyl (C=O) groups is 11. The zero-order valence-electron chi connectivity index (χ0n) is 34.5. The Kier molecular flexibility index (Phi) is 25.7. The van der Waals surface area contributed by atoms with Crippen LogP contribution in [-0.2, 0) is 52.7 Å². The molecule has 0 saturated carbocycles. The maximum atomic E-state index is 13.6. The molecule has 24 heteroatoms. The van der Waals surface area contributed by atoms with Crippen LogP contribution in [0.5, 0.6) is 0 Å². The number of primary amides is 2. The van der Waals surface area contributed by atoms with Gasteiger partial charge in [0.25, 0.3) is 0 Å². The highest BCUT2D eigenvalue weighted by atomic mass is 16.4. The van der Waals surface area contributed by atoms with Gasteiger partial charge in [0.1, 0.15) is 36.3 Å². The van der Waals surface area contributed by atoms with Gasteiger partial charge in [-0.3, -0.25) is 47.9 Å². The molecule has 340 valence electrons. The Hall–Kier alpha value is -5.91. The number of amides is 9. The van der Waals surface area contributed by atoms with Crippen molar-refractivity contribution in [3.63, 3.8) is 0 Å². The zero-order chi connectivity index (χ0) is 46.1. The van der Waals surface area contributed by atoms with Crippen molar-refractivity contribution in [1.82, 2.24) is 37.2 Å². The van der Waals surface area contributed by atoms with Crippen LogP contribution in [0, 0.1) is 11.8 Å². The standard InChI is InChI=1S/C36H63N11O13/c1-5-19(4)30(36(59)60)47-33(56)22(9-11-25(39)48)42-28(51)17-41-31(54)21(10-12-29(52)53)45-32(55)20(8-6-7-13-37)44-35(58)24(15-26(40)49)46-34(57)23(14-18(2)3)43-27(50)16-38/h18-24,30H,5-17,37-38H2,1-4H3,(H2,39,48)(H2,40,49)(H,41,54)(H,42,51)(H,43,50)(H,44,58)(H,45,55)(H,46,57)(H,47,56)(H,52,53)(H,59,60)/t19-,20-,21-,22-,23-,24-,30-/m0/s1. The molecule has 0 unspecified atom stereocenters. The fourth-order valence-corrected chi connectivity index (χ4v) is 5.51. The van der Waals surface area contributed by atoms with Crippen molar-refractivity contribution < 1.29 is 63.0 Å². The largest absolute Gasteiger partial charge is 0.481 e. The second-order valence-electron chi connectivity index (χ2n) is 14.6. The molecule has 24 nitrogen and oxygen atoms in total. The number of hydrogen-bond donors (Lipinski definition) is 13. The molecule has 7 atom stereocenters. The van der Waals surface area contributed by atoms with Gasteiger partial charge < -0.3 is 70.4 Å². The van der Waals surface area contributed by atoms with Gasteiger partial charge in [0.2, 0.25) is 53.2 Å². The Balaban J connectivity index is 6.22. The highest BCUT2D eigenvalue weighted by molar-refractivity contribution is 5.98. The van der Waals surface area contributed by atoms with E-state index in [4.69, 9.17) is 22.9 Å². The lowest BCUT2D eigenvalue weighted by Gasteiger charge is -2.26. The predicted molar refractivity (Wildman–Crippen MR) is 212 cm³/mol. The molecule has 0 rings (SSSR count). The lowest BCUT2D eigenvalue weighted by molar-refractivity contribution is -0.144. The normalized spacial score (nSPS) is 14.4. The molecule has 0 aromatic rings. The molecule has 9 amide bonds. The lowest BCUT2D eigenvalue weighted by atomic mass is 9.98. The lowest BCUT2D eigenvalue weighted by Crippen LogP contribution is -2.59. The van der Waals surface area contributed by atoms with Crippen LogP contribution in [0.1, 0.15) is 91.9 Å². The molecule has 0 aliphatic heterocycles. The number of unbranched alkanes of at least 4 members (excludes halogenated alkanes) is 1. The SMILES string of the molecule is CC[C@H](C)[C@H](NC(=O)[C@H](CCC(N)=O)NC(=O)CNC(=O)[C@H](CCC(=O)O)NC(=O)[C@H](CCCCN)NC(=O)[C@H](CC(N)=O)NC(=O)[C@H](CC(C)C)NC(=O)CN)C(=O)O. The molecule has 0 radical (unpaired) electrons. The molecule has 0 aromatic carbocycles. The van der Waals surface area contributed by atoms with E-state index in [1.165, 1.54) is 0 Å². The molecule has 0 spiro atoms. The molecule has 60 heavy (non-hydrogen) atoms. The van der Waals surface area contributed by atoms with Crippen molar-refractivity contribution in [2.45, 2.75) is 128 Å². The van der Waals surface area contributed by atoms with E-state index in [-0.39, 0.29) is 44.6 Å². The first-order valence-corrected chi connectivity index (χ1v) is 19.6. The van der Waals surface area contributed by atoms with E-state index in [1.807, 2.05) is 0 Å². The van der Waals surface area contributed by atoms with Crippen molar-refractivity contribution >= 4 is 65.1 Å². The summed E-state index contributed by atoms with van der Waals surface area (Å²) in [6.45, 7) is 5.76. The van der Waals surface area contributed by atoms with Crippen LogP contribution in [0.4, 0.5) is 0 Å². The van der Waals surface area contributed by atoms with E-state index in [2.05, 4.69) is 37.2 Å². The Bertz CT molecular complexity index is 1530. The van der Waals surface area contributed by atoms with Gasteiger partial charge in [-0.05, 0) is 56.9 Å². The van der Waals surface area contributed by atoms with E-state index in [1.54, 1.807) is 27.7 Å². The van der Waals surface area contributed by atoms with Crippen LogP contribution in [0.15, 0.2) is 0 Å². The number of rotatable bonds is 31. The van der Waals surface area contributed by atoms with Gasteiger partial charge in [0.15, 0.2) is 0 Å². The predicted octanol–water partition coefficient (Wildman–Crippen LogP) is -4.72. The summed E-state index contributed by atoms with van der Waals surface area (Å²) >= 11 is 0. The maximum Gasteiger partial charge on any atom is 0.326 e. The van der Waals surface area contributed by atoms with Crippen molar-refractivity contribution in [1.29, 1.82) is 0 Å². The van der Waals surface area contributed by atoms with Gasteiger partial charge >= 0.3 is 11.9 Å². The molecular formula is C36H63N11O13. The summed E-state index contributed by atoms with van der Waals surface area (Å²) in [5, 5.41) is 35.3. The summed E-state index contributed by atoms with van der Waals surface area (Å²) < 4.78 is 0. The van der Waals surface area contributed by atoms with Crippen LogP contribution in [0.2, 0.25) is 0 Å². The van der Waals surface area contributed by atoms with Crippen LogP contribution >= 0.6 is 0 Å². The van der Waals surface area contributed by atoms with Gasteiger partial charge in [-0.25, -0.2) is 4.79 Å². The van der Waals surface area contributed by atoms with E-state index >= 15 is 0 Å². The topological polar surface area (TPSA) is 417 Å². The highest BCUT2D eigenvalue weighted by Crippen LogP contribution is 2.11. The number of carboxylic acid groups (broad SMARTS) is 2. The van der Waals surface area contributed by atoms with Crippen LogP contribution in [0.3, 0.4) is 0 Å². The average molecular weight is 858 g/mol. The minimum Gasteiger partial charge on any atom is -0.481 e. The second kappa shape index (κ2) is 28.5. The third-order valence-corrected chi connectivity index (χ3v) is 8.97. The van der Waals surface area contributed by atoms with E-state index in [0.29, 0.717) is 12.8 Å². The summed E-state index contributed by atoms with van der Waals surface area (Å²) in [5.74, 6) is -11.7. The Labute approximate surface area is 347 Å². The first-order valence-electron chi connectivity index (χ1n) is 19.6. The van der Waals surface area contributed by atoms with Gasteiger partial charge in [0.05, 0.1) is 19.5 Å². The summed E-state index contributed by atoms with van der Waals surface area (Å²) in [6, 6.07) is -8.63. The van der Waals surface area contributed by atoms with Gasteiger partial charge in [-0.2, -0.15) is 0 Å². The Morgan fingerprint density at radius 2 is 1.07 bits per heavy atom. The quantitative estimate of drug-likeness (QED) is 0.0291. The molecule has 0 saturated heterocycles. The number of carboxylic acids is 2. The van der Waals surface area contributed by atoms with Crippen LogP contribution in [-0.4, -0.2) is 131 Å². The number of carbonyl (C=O) groups excluding carboxylic acids is 9. The molecular weight excluding hydrogens is 794 g/mol. The minimum atomic E-state index is -1.63. The summed E-state index contributed by atoms with van der Waals surface area (Å²) in [6.07, 6.45) is -1.50. The minimum absolute atomic E-state index is 0.0846. The number of nitrogens with two attached hydrogens (primary N) is 4. The van der Waals surface area contributed by atoms with Gasteiger partial charge in [-0.1, -0.05) is 34.1 Å². The second-order valence-corrected chi connectivity index (χ2v) is 14.6. The summed E-state index contributed by atoms with van der Waals surface area (Å²) in [4.78, 5) is 138. The van der Waals surface area contributed by atoms with Crippen molar-refractivity contribution in [3.8, 4) is 0 Å². The fourth-order valence-electron chi connectivity index (χ4n) is 5.51. The van der Waals surface area contributed by atoms with E-state index in [9.17, 15) is 63.0 Å². The van der Waals surface area contributed by atoms with Crippen molar-refractivity contribution in [2.24, 2.45) is 34.8 Å². The van der Waals surface area contributed by atoms with E-state index < -0.39 is 140 Å². The summed E-state index contributed by atoms with van der Waals surface area (Å²) in [7, 11) is 0. The van der Waals surface area contributed by atoms with Crippen molar-refractivity contribution in [3.05, 3.63) is 0 Å². The maximum absolute atomic E-state index is 13.6. The molecule has 0 heterocycles. The first kappa shape index (κ1) is 54.1. The zero-order valence-corrected chi connectivity index (χ0v) is 34.5. The molecule has 0 aliphatic carbocycles. The Morgan fingerprint density at radius 1 is 0.567 bits per heavy atom. The molecule has 0 aliphatic rings. The third-order valence-electron chi connectivity index (χ3n) is 8.97. The molecule has 0 bridgehead atoms. The first-order chi connectivity index (χ1) is 28.1. The van der Waals surface area contributed by atoms with E-state index in [0.717, 1.165) is 0 Å². The smallest absolute Gasteiger partial charge is 0.326 e. The summed E-state index contributed by atoms with van der Waals surface area (Å²) in [5.41, 5.74) is 21.5. The molecule has 0 aromatic heterocycles. The fraction of sp³-hybridized carbons (Fsp3) is 0.694. The van der Waals surface area contributed by atoms with Gasteiger partial charge in [-0.15, -0.1) is 0 Å². The highest BCUT2D eigenvalue weighted by Gasteiger charge is 2.33. The third kappa shape index (κ3) is 22.3.